The van der Waals surface area contributed by atoms with Crippen molar-refractivity contribution in [3.8, 4) is 11.5 Å². The quantitative estimate of drug-likeness (QED) is 0.736. The van der Waals surface area contributed by atoms with Gasteiger partial charge in [0.25, 0.3) is 5.91 Å². The second kappa shape index (κ2) is 7.18. The van der Waals surface area contributed by atoms with Crippen molar-refractivity contribution in [1.29, 1.82) is 0 Å². The van der Waals surface area contributed by atoms with Crippen LogP contribution in [0.2, 0.25) is 0 Å². The molecule has 0 saturated carbocycles. The molecule has 108 valence electrons. The standard InChI is InChI=1S/C14H17NO5/c1-3-19-11-6-4-5-10(7-8-12(16)17)13(11)20-9(2)14(15)18/h4-9H,3H2,1-2H3,(H2,15,18)(H,16,17)/b8-7+. The van der Waals surface area contributed by atoms with Gasteiger partial charge in [-0.3, -0.25) is 4.79 Å². The topological polar surface area (TPSA) is 98.8 Å². The molecule has 0 aliphatic rings. The molecule has 0 fully saturated rings. The molecule has 1 unspecified atom stereocenters. The Morgan fingerprint density at radius 1 is 1.45 bits per heavy atom. The number of hydrogen-bond donors (Lipinski definition) is 2. The van der Waals surface area contributed by atoms with Crippen LogP contribution >= 0.6 is 0 Å². The van der Waals surface area contributed by atoms with Gasteiger partial charge in [-0.25, -0.2) is 4.79 Å². The summed E-state index contributed by atoms with van der Waals surface area (Å²) in [6.45, 7) is 3.73. The maximum atomic E-state index is 11.1. The first-order valence-electron chi connectivity index (χ1n) is 6.08. The summed E-state index contributed by atoms with van der Waals surface area (Å²) in [7, 11) is 0. The van der Waals surface area contributed by atoms with Crippen LogP contribution in [0.5, 0.6) is 11.5 Å². The molecule has 0 aliphatic carbocycles. The highest BCUT2D eigenvalue weighted by molar-refractivity contribution is 5.86. The van der Waals surface area contributed by atoms with E-state index in [1.807, 2.05) is 0 Å². The number of amides is 1. The van der Waals surface area contributed by atoms with Gasteiger partial charge in [-0.2, -0.15) is 0 Å². The van der Waals surface area contributed by atoms with Gasteiger partial charge in [0, 0.05) is 11.6 Å². The Kier molecular flexibility index (Phi) is 5.58. The van der Waals surface area contributed by atoms with Crippen molar-refractivity contribution in [2.24, 2.45) is 5.73 Å². The number of nitrogens with two attached hydrogens (primary N) is 1. The first-order chi connectivity index (χ1) is 9.45. The highest BCUT2D eigenvalue weighted by atomic mass is 16.5. The summed E-state index contributed by atoms with van der Waals surface area (Å²) >= 11 is 0. The number of hydrogen-bond acceptors (Lipinski definition) is 4. The predicted octanol–water partition coefficient (Wildman–Crippen LogP) is 1.44. The first kappa shape index (κ1) is 15.6. The maximum absolute atomic E-state index is 11.1. The molecule has 3 N–H and O–H groups in total. The molecule has 1 amide bonds. The Morgan fingerprint density at radius 3 is 2.70 bits per heavy atom. The van der Waals surface area contributed by atoms with Crippen LogP contribution in [0.15, 0.2) is 24.3 Å². The molecule has 1 rings (SSSR count). The molecular weight excluding hydrogens is 262 g/mol. The average Bonchev–Trinajstić information content (AvgIpc) is 2.38. The van der Waals surface area contributed by atoms with Gasteiger partial charge in [-0.15, -0.1) is 0 Å². The van der Waals surface area contributed by atoms with Crippen LogP contribution in [-0.2, 0) is 9.59 Å². The SMILES string of the molecule is CCOc1cccc(/C=C/C(=O)O)c1OC(C)C(N)=O. The molecule has 0 heterocycles. The van der Waals surface area contributed by atoms with Gasteiger partial charge >= 0.3 is 5.97 Å². The Balaban J connectivity index is 3.18. The number of carbonyl (C=O) groups is 2. The maximum Gasteiger partial charge on any atom is 0.328 e. The second-order valence-corrected chi connectivity index (χ2v) is 3.94. The number of rotatable bonds is 7. The summed E-state index contributed by atoms with van der Waals surface area (Å²) < 4.78 is 10.9. The van der Waals surface area contributed by atoms with E-state index in [4.69, 9.17) is 20.3 Å². The number of para-hydroxylation sites is 1. The van der Waals surface area contributed by atoms with Crippen molar-refractivity contribution in [2.75, 3.05) is 6.61 Å². The van der Waals surface area contributed by atoms with Gasteiger partial charge < -0.3 is 20.3 Å². The molecule has 0 bridgehead atoms. The average molecular weight is 279 g/mol. The molecule has 1 aromatic rings. The molecule has 0 saturated heterocycles. The zero-order valence-electron chi connectivity index (χ0n) is 11.3. The zero-order valence-corrected chi connectivity index (χ0v) is 11.3. The van der Waals surface area contributed by atoms with Crippen molar-refractivity contribution < 1.29 is 24.2 Å². The number of primary amides is 1. The van der Waals surface area contributed by atoms with Crippen LogP contribution in [-0.4, -0.2) is 29.7 Å². The van der Waals surface area contributed by atoms with Gasteiger partial charge in [0.05, 0.1) is 6.61 Å². The van der Waals surface area contributed by atoms with Crippen molar-refractivity contribution in [1.82, 2.24) is 0 Å². The molecule has 1 atom stereocenters. The van der Waals surface area contributed by atoms with E-state index < -0.39 is 18.0 Å². The molecule has 0 spiro atoms. The number of carboxylic acids is 1. The Bertz CT molecular complexity index is 524. The van der Waals surface area contributed by atoms with E-state index >= 15 is 0 Å². The Labute approximate surface area is 116 Å². The molecule has 6 nitrogen and oxygen atoms in total. The van der Waals surface area contributed by atoms with Gasteiger partial charge in [-0.05, 0) is 26.0 Å². The fourth-order valence-electron chi connectivity index (χ4n) is 1.46. The van der Waals surface area contributed by atoms with Gasteiger partial charge in [0.1, 0.15) is 0 Å². The number of ether oxygens (including phenoxy) is 2. The summed E-state index contributed by atoms with van der Waals surface area (Å²) in [6, 6.07) is 5.03. The van der Waals surface area contributed by atoms with Crippen LogP contribution in [0.3, 0.4) is 0 Å². The van der Waals surface area contributed by atoms with E-state index in [1.54, 1.807) is 25.1 Å². The summed E-state index contributed by atoms with van der Waals surface area (Å²) in [5, 5.41) is 8.68. The van der Waals surface area contributed by atoms with E-state index in [1.165, 1.54) is 13.0 Å². The lowest BCUT2D eigenvalue weighted by Crippen LogP contribution is -2.31. The highest BCUT2D eigenvalue weighted by Crippen LogP contribution is 2.33. The largest absolute Gasteiger partial charge is 0.490 e. The van der Waals surface area contributed by atoms with E-state index in [0.717, 1.165) is 6.08 Å². The van der Waals surface area contributed by atoms with E-state index in [9.17, 15) is 9.59 Å². The van der Waals surface area contributed by atoms with E-state index in [-0.39, 0.29) is 5.75 Å². The van der Waals surface area contributed by atoms with Gasteiger partial charge in [0.2, 0.25) is 0 Å². The zero-order chi connectivity index (χ0) is 15.1. The summed E-state index contributed by atoms with van der Waals surface area (Å²) in [6.07, 6.45) is 1.49. The second-order valence-electron chi connectivity index (χ2n) is 3.94. The van der Waals surface area contributed by atoms with Crippen LogP contribution in [0.25, 0.3) is 6.08 Å². The van der Waals surface area contributed by atoms with Crippen molar-refractivity contribution in [2.45, 2.75) is 20.0 Å². The van der Waals surface area contributed by atoms with Crippen LogP contribution in [0, 0.1) is 0 Å². The number of benzene rings is 1. The van der Waals surface area contributed by atoms with Gasteiger partial charge in [-0.1, -0.05) is 12.1 Å². The first-order valence-corrected chi connectivity index (χ1v) is 6.08. The fourth-order valence-corrected chi connectivity index (χ4v) is 1.46. The fraction of sp³-hybridized carbons (Fsp3) is 0.286. The van der Waals surface area contributed by atoms with Crippen LogP contribution in [0.1, 0.15) is 19.4 Å². The van der Waals surface area contributed by atoms with Crippen molar-refractivity contribution in [3.63, 3.8) is 0 Å². The minimum absolute atomic E-state index is 0.290. The number of carboxylic acid groups (broad SMARTS) is 1. The molecule has 20 heavy (non-hydrogen) atoms. The lowest BCUT2D eigenvalue weighted by atomic mass is 10.1. The summed E-state index contributed by atoms with van der Waals surface area (Å²) in [4.78, 5) is 21.7. The molecular formula is C14H17NO5. The van der Waals surface area contributed by atoms with Crippen LogP contribution in [0.4, 0.5) is 0 Å². The minimum atomic E-state index is -1.08. The normalized spacial score (nSPS) is 12.1. The molecule has 0 aliphatic heterocycles. The Morgan fingerprint density at radius 2 is 2.15 bits per heavy atom. The van der Waals surface area contributed by atoms with Crippen molar-refractivity contribution in [3.05, 3.63) is 29.8 Å². The molecule has 1 aromatic carbocycles. The number of carbonyl (C=O) groups excluding carboxylic acids is 1. The third kappa shape index (κ3) is 4.31. The minimum Gasteiger partial charge on any atom is -0.490 e. The molecule has 0 aromatic heterocycles. The van der Waals surface area contributed by atoms with Gasteiger partial charge in [0.15, 0.2) is 17.6 Å². The third-order valence-electron chi connectivity index (χ3n) is 2.41. The lowest BCUT2D eigenvalue weighted by Gasteiger charge is -2.17. The lowest BCUT2D eigenvalue weighted by molar-refractivity contribution is -0.131. The number of aliphatic carboxylic acids is 1. The summed E-state index contributed by atoms with van der Waals surface area (Å²) in [5.41, 5.74) is 5.66. The highest BCUT2D eigenvalue weighted by Gasteiger charge is 2.16. The van der Waals surface area contributed by atoms with Crippen LogP contribution < -0.4 is 15.2 Å². The Hall–Kier alpha value is -2.50. The van der Waals surface area contributed by atoms with Crippen molar-refractivity contribution >= 4 is 18.0 Å². The predicted molar refractivity (Wildman–Crippen MR) is 73.6 cm³/mol. The summed E-state index contributed by atoms with van der Waals surface area (Å²) in [5.74, 6) is -0.989. The molecule has 6 heteroatoms. The monoisotopic (exact) mass is 279 g/mol. The van der Waals surface area contributed by atoms with E-state index in [2.05, 4.69) is 0 Å². The third-order valence-corrected chi connectivity index (χ3v) is 2.41. The smallest absolute Gasteiger partial charge is 0.328 e. The molecule has 0 radical (unpaired) electrons. The van der Waals surface area contributed by atoms with E-state index in [0.29, 0.717) is 17.9 Å².